The summed E-state index contributed by atoms with van der Waals surface area (Å²) < 4.78 is 11.2. The number of nitrogens with one attached hydrogen (secondary N) is 1. The van der Waals surface area contributed by atoms with Gasteiger partial charge in [-0.2, -0.15) is 0 Å². The number of ether oxygens (including phenoxy) is 2. The Kier molecular flexibility index (Phi) is 12.2. The van der Waals surface area contributed by atoms with Crippen molar-refractivity contribution in [2.75, 3.05) is 26.3 Å². The number of para-hydroxylation sites is 2. The summed E-state index contributed by atoms with van der Waals surface area (Å²) in [6.45, 7) is 3.00. The summed E-state index contributed by atoms with van der Waals surface area (Å²) in [5, 5.41) is 3.96. The predicted octanol–water partition coefficient (Wildman–Crippen LogP) is 4.36. The van der Waals surface area contributed by atoms with Gasteiger partial charge in [-0.1, -0.05) is 41.9 Å². The zero-order chi connectivity index (χ0) is 14.8. The van der Waals surface area contributed by atoms with Crippen LogP contribution in [0.15, 0.2) is 54.6 Å². The molecule has 0 spiro atoms. The Labute approximate surface area is 149 Å². The summed E-state index contributed by atoms with van der Waals surface area (Å²) in [7, 11) is 0. The molecule has 0 heterocycles. The minimum Gasteiger partial charge on any atom is -0.494 e. The van der Waals surface area contributed by atoms with Crippen molar-refractivity contribution in [1.29, 1.82) is 0 Å². The largest absolute Gasteiger partial charge is 0.494 e. The van der Waals surface area contributed by atoms with Crippen LogP contribution < -0.4 is 20.9 Å². The molecule has 128 valence electrons. The fourth-order valence-corrected chi connectivity index (χ4v) is 2.01. The molecule has 0 atom stereocenters. The number of rotatable bonds is 9. The van der Waals surface area contributed by atoms with Crippen LogP contribution in [-0.2, 0) is 0 Å². The van der Waals surface area contributed by atoms with Crippen molar-refractivity contribution in [1.82, 2.24) is 11.5 Å². The summed E-state index contributed by atoms with van der Waals surface area (Å²) in [5.41, 5.74) is 0. The Morgan fingerprint density at radius 2 is 1.52 bits per heavy atom. The topological polar surface area (TPSA) is 65.5 Å². The average Bonchev–Trinajstić information content (AvgIpc) is 2.52. The summed E-state index contributed by atoms with van der Waals surface area (Å²) in [5.74, 6) is 1.65. The maximum atomic E-state index is 6.00. The van der Waals surface area contributed by atoms with Crippen LogP contribution in [0.2, 0.25) is 5.02 Å². The van der Waals surface area contributed by atoms with Crippen molar-refractivity contribution in [2.24, 2.45) is 0 Å². The predicted molar refractivity (Wildman–Crippen MR) is 98.6 cm³/mol. The molecule has 2 rings (SSSR count). The lowest BCUT2D eigenvalue weighted by atomic mass is 10.3. The van der Waals surface area contributed by atoms with E-state index in [4.69, 9.17) is 21.1 Å². The summed E-state index contributed by atoms with van der Waals surface area (Å²) in [4.78, 5) is 0. The second-order valence-electron chi connectivity index (χ2n) is 4.54. The number of halogens is 2. The fraction of sp³-hybridized carbons (Fsp3) is 0.294. The zero-order valence-corrected chi connectivity index (χ0v) is 14.6. The van der Waals surface area contributed by atoms with E-state index >= 15 is 0 Å². The maximum absolute atomic E-state index is 6.00. The zero-order valence-electron chi connectivity index (χ0n) is 13.0. The molecular weight excluding hydrogens is 335 g/mol. The molecule has 0 aliphatic carbocycles. The second-order valence-corrected chi connectivity index (χ2v) is 4.95. The van der Waals surface area contributed by atoms with Crippen LogP contribution in [0.1, 0.15) is 6.42 Å². The number of hydrogen-bond donors (Lipinski definition) is 2. The molecule has 0 amide bonds. The quantitative estimate of drug-likeness (QED) is 0.653. The van der Waals surface area contributed by atoms with Gasteiger partial charge in [0.1, 0.15) is 18.1 Å². The van der Waals surface area contributed by atoms with Crippen molar-refractivity contribution in [3.8, 4) is 11.5 Å². The van der Waals surface area contributed by atoms with E-state index in [1.807, 2.05) is 54.6 Å². The fourth-order valence-electron chi connectivity index (χ4n) is 1.82. The highest BCUT2D eigenvalue weighted by molar-refractivity contribution is 6.32. The van der Waals surface area contributed by atoms with Crippen molar-refractivity contribution < 1.29 is 9.47 Å². The van der Waals surface area contributed by atoms with E-state index in [0.29, 0.717) is 18.2 Å². The third kappa shape index (κ3) is 8.67. The third-order valence-electron chi connectivity index (χ3n) is 2.88. The molecule has 0 aliphatic rings. The normalized spacial score (nSPS) is 9.43. The van der Waals surface area contributed by atoms with E-state index in [9.17, 15) is 0 Å². The summed E-state index contributed by atoms with van der Waals surface area (Å²) in [6.07, 6.45) is 0.959. The first-order chi connectivity index (χ1) is 10.4. The Bertz CT molecular complexity index is 527. The molecule has 4 nitrogen and oxygen atoms in total. The van der Waals surface area contributed by atoms with Crippen LogP contribution in [0.25, 0.3) is 0 Å². The van der Waals surface area contributed by atoms with Gasteiger partial charge in [-0.25, -0.2) is 0 Å². The molecule has 0 bridgehead atoms. The molecular formula is C17H24Cl2N2O2. The summed E-state index contributed by atoms with van der Waals surface area (Å²) in [6, 6.07) is 17.3. The minimum absolute atomic E-state index is 0. The van der Waals surface area contributed by atoms with Gasteiger partial charge in [0, 0.05) is 6.54 Å². The van der Waals surface area contributed by atoms with Crippen molar-refractivity contribution in [3.05, 3.63) is 59.6 Å². The van der Waals surface area contributed by atoms with Crippen LogP contribution in [0, 0.1) is 0 Å². The maximum Gasteiger partial charge on any atom is 0.137 e. The lowest BCUT2D eigenvalue weighted by Crippen LogP contribution is -2.23. The molecule has 6 heteroatoms. The highest BCUT2D eigenvalue weighted by atomic mass is 35.5. The Morgan fingerprint density at radius 1 is 0.826 bits per heavy atom. The van der Waals surface area contributed by atoms with E-state index in [-0.39, 0.29) is 18.6 Å². The molecule has 0 aromatic heterocycles. The number of benzene rings is 2. The molecule has 0 radical (unpaired) electrons. The third-order valence-corrected chi connectivity index (χ3v) is 3.20. The highest BCUT2D eigenvalue weighted by Gasteiger charge is 1.98. The second kappa shape index (κ2) is 13.0. The molecule has 0 saturated heterocycles. The average molecular weight is 359 g/mol. The Morgan fingerprint density at radius 3 is 2.26 bits per heavy atom. The van der Waals surface area contributed by atoms with E-state index in [2.05, 4.69) is 5.32 Å². The van der Waals surface area contributed by atoms with Gasteiger partial charge in [0.2, 0.25) is 0 Å². The van der Waals surface area contributed by atoms with Crippen LogP contribution in [0.5, 0.6) is 11.5 Å². The first-order valence-electron chi connectivity index (χ1n) is 7.12. The Balaban J connectivity index is 0.00000242. The molecule has 0 fully saturated rings. The van der Waals surface area contributed by atoms with Crippen LogP contribution >= 0.6 is 24.0 Å². The molecule has 2 aromatic carbocycles. The van der Waals surface area contributed by atoms with E-state index in [1.165, 1.54) is 0 Å². The van der Waals surface area contributed by atoms with Gasteiger partial charge in [-0.3, -0.25) is 0 Å². The lowest BCUT2D eigenvalue weighted by Gasteiger charge is -2.09. The molecule has 4 N–H and O–H groups in total. The smallest absolute Gasteiger partial charge is 0.137 e. The van der Waals surface area contributed by atoms with Crippen molar-refractivity contribution in [3.63, 3.8) is 0 Å². The first-order valence-corrected chi connectivity index (χ1v) is 7.50. The molecule has 0 aliphatic heterocycles. The van der Waals surface area contributed by atoms with Gasteiger partial charge in [0.15, 0.2) is 0 Å². The SMILES string of the molecule is Cl.Clc1ccccc1OCCNCCCOc1ccccc1.N. The van der Waals surface area contributed by atoms with Gasteiger partial charge in [0.25, 0.3) is 0 Å². The number of hydrogen-bond acceptors (Lipinski definition) is 4. The van der Waals surface area contributed by atoms with Gasteiger partial charge >= 0.3 is 0 Å². The van der Waals surface area contributed by atoms with Gasteiger partial charge in [0.05, 0.1) is 11.6 Å². The first kappa shape index (κ1) is 21.5. The van der Waals surface area contributed by atoms with E-state index in [1.54, 1.807) is 0 Å². The standard InChI is InChI=1S/C17H20ClNO2.ClH.H3N/c18-16-9-4-5-10-17(16)21-14-12-19-11-6-13-20-15-7-2-1-3-8-15;;/h1-5,7-10,19H,6,11-14H2;1H;1H3. The summed E-state index contributed by atoms with van der Waals surface area (Å²) >= 11 is 6.00. The highest BCUT2D eigenvalue weighted by Crippen LogP contribution is 2.22. The molecule has 0 saturated carbocycles. The molecule has 0 unspecified atom stereocenters. The van der Waals surface area contributed by atoms with Gasteiger partial charge in [-0.05, 0) is 37.2 Å². The van der Waals surface area contributed by atoms with Crippen LogP contribution in [0.3, 0.4) is 0 Å². The minimum atomic E-state index is 0. The van der Waals surface area contributed by atoms with Gasteiger partial charge < -0.3 is 20.9 Å². The van der Waals surface area contributed by atoms with E-state index < -0.39 is 0 Å². The lowest BCUT2D eigenvalue weighted by molar-refractivity contribution is 0.294. The van der Waals surface area contributed by atoms with Crippen LogP contribution in [0.4, 0.5) is 0 Å². The van der Waals surface area contributed by atoms with Gasteiger partial charge in [-0.15, -0.1) is 12.4 Å². The molecule has 23 heavy (non-hydrogen) atoms. The van der Waals surface area contributed by atoms with Crippen LogP contribution in [-0.4, -0.2) is 26.3 Å². The monoisotopic (exact) mass is 358 g/mol. The molecule has 2 aromatic rings. The Hall–Kier alpha value is -1.46. The van der Waals surface area contributed by atoms with Crippen molar-refractivity contribution in [2.45, 2.75) is 6.42 Å². The van der Waals surface area contributed by atoms with E-state index in [0.717, 1.165) is 31.0 Å². The van der Waals surface area contributed by atoms with Crippen molar-refractivity contribution >= 4 is 24.0 Å².